The third-order valence-corrected chi connectivity index (χ3v) is 3.61. The van der Waals surface area contributed by atoms with Gasteiger partial charge in [0.1, 0.15) is 11.5 Å². The van der Waals surface area contributed by atoms with Gasteiger partial charge in [0, 0.05) is 5.02 Å². The van der Waals surface area contributed by atoms with Gasteiger partial charge in [0.25, 0.3) is 0 Å². The Balaban J connectivity index is 2.00. The second kappa shape index (κ2) is 7.70. The minimum atomic E-state index is -0.895. The number of hydrogen-bond acceptors (Lipinski definition) is 4. The molecule has 0 aliphatic rings. The largest absolute Gasteiger partial charge is 0.506 e. The van der Waals surface area contributed by atoms with Gasteiger partial charge >= 0.3 is 11.8 Å². The fraction of sp³-hybridized carbons (Fsp3) is 0.176. The molecule has 0 aromatic heterocycles. The maximum Gasteiger partial charge on any atom is 0.313 e. The third-order valence-electron chi connectivity index (χ3n) is 3.38. The second-order valence-corrected chi connectivity index (χ2v) is 5.52. The summed E-state index contributed by atoms with van der Waals surface area (Å²) in [7, 11) is 1.57. The van der Waals surface area contributed by atoms with Gasteiger partial charge in [-0.15, -0.1) is 0 Å². The summed E-state index contributed by atoms with van der Waals surface area (Å²) in [6.45, 7) is 1.75. The number of carbonyl (C=O) groups is 2. The number of rotatable bonds is 4. The van der Waals surface area contributed by atoms with Gasteiger partial charge < -0.3 is 20.5 Å². The van der Waals surface area contributed by atoms with Crippen LogP contribution in [0.3, 0.4) is 0 Å². The lowest BCUT2D eigenvalue weighted by Crippen LogP contribution is -2.36. The number of methoxy groups -OCH3 is 1. The molecule has 126 valence electrons. The van der Waals surface area contributed by atoms with Crippen LogP contribution in [0.25, 0.3) is 0 Å². The second-order valence-electron chi connectivity index (χ2n) is 5.08. The Hall–Kier alpha value is -2.73. The number of hydrogen-bond donors (Lipinski definition) is 3. The number of amides is 2. The van der Waals surface area contributed by atoms with E-state index in [9.17, 15) is 14.7 Å². The first kappa shape index (κ1) is 17.6. The van der Waals surface area contributed by atoms with Crippen LogP contribution in [0.2, 0.25) is 5.02 Å². The van der Waals surface area contributed by atoms with Crippen LogP contribution in [0, 0.1) is 0 Å². The lowest BCUT2D eigenvalue weighted by atomic mass is 10.1. The molecule has 2 amide bonds. The van der Waals surface area contributed by atoms with Gasteiger partial charge in [-0.05, 0) is 42.8 Å². The fourth-order valence-electron chi connectivity index (χ4n) is 2.03. The van der Waals surface area contributed by atoms with Crippen molar-refractivity contribution in [3.63, 3.8) is 0 Å². The zero-order valence-corrected chi connectivity index (χ0v) is 13.9. The van der Waals surface area contributed by atoms with Crippen molar-refractivity contribution in [2.75, 3.05) is 12.4 Å². The van der Waals surface area contributed by atoms with E-state index >= 15 is 0 Å². The van der Waals surface area contributed by atoms with Gasteiger partial charge in [-0.1, -0.05) is 23.7 Å². The summed E-state index contributed by atoms with van der Waals surface area (Å²) in [5.41, 5.74) is 0.891. The molecule has 0 heterocycles. The van der Waals surface area contributed by atoms with E-state index in [-0.39, 0.29) is 17.5 Å². The van der Waals surface area contributed by atoms with Gasteiger partial charge in [-0.25, -0.2) is 0 Å². The highest BCUT2D eigenvalue weighted by Crippen LogP contribution is 2.26. The molecule has 24 heavy (non-hydrogen) atoms. The zero-order chi connectivity index (χ0) is 17.7. The van der Waals surface area contributed by atoms with Gasteiger partial charge in [0.15, 0.2) is 0 Å². The summed E-state index contributed by atoms with van der Waals surface area (Å²) in [5.74, 6) is -1.19. The molecule has 6 nitrogen and oxygen atoms in total. The van der Waals surface area contributed by atoms with E-state index in [2.05, 4.69) is 10.6 Å². The molecule has 3 N–H and O–H groups in total. The van der Waals surface area contributed by atoms with Gasteiger partial charge in [-0.2, -0.15) is 0 Å². The molecule has 2 aromatic carbocycles. The average Bonchev–Trinajstić information content (AvgIpc) is 2.58. The summed E-state index contributed by atoms with van der Waals surface area (Å²) in [6.07, 6.45) is 0. The monoisotopic (exact) mass is 348 g/mol. The normalized spacial score (nSPS) is 11.5. The van der Waals surface area contributed by atoms with Crippen molar-refractivity contribution in [3.05, 3.63) is 53.1 Å². The summed E-state index contributed by atoms with van der Waals surface area (Å²) < 4.78 is 5.07. The van der Waals surface area contributed by atoms with Crippen molar-refractivity contribution in [2.45, 2.75) is 13.0 Å². The number of phenols is 1. The third kappa shape index (κ3) is 4.39. The number of halogens is 1. The first-order valence-electron chi connectivity index (χ1n) is 7.15. The summed E-state index contributed by atoms with van der Waals surface area (Å²) in [4.78, 5) is 23.9. The standard InChI is InChI=1S/C17H17ClN2O4/c1-10(11-3-6-13(24-2)7-4-11)19-16(22)17(23)20-14-9-12(18)5-8-15(14)21/h3-10,21H,1-2H3,(H,19,22)(H,20,23). The van der Waals surface area contributed by atoms with Crippen LogP contribution in [-0.4, -0.2) is 24.0 Å². The van der Waals surface area contributed by atoms with Crippen molar-refractivity contribution in [2.24, 2.45) is 0 Å². The molecule has 7 heteroatoms. The predicted molar refractivity (Wildman–Crippen MR) is 91.3 cm³/mol. The molecule has 0 saturated heterocycles. The Morgan fingerprint density at radius 1 is 1.12 bits per heavy atom. The molecule has 1 atom stereocenters. The molecule has 2 aromatic rings. The maximum atomic E-state index is 12.0. The van der Waals surface area contributed by atoms with Gasteiger partial charge in [-0.3, -0.25) is 9.59 Å². The lowest BCUT2D eigenvalue weighted by Gasteiger charge is -2.15. The SMILES string of the molecule is COc1ccc(C(C)NC(=O)C(=O)Nc2cc(Cl)ccc2O)cc1. The molecule has 0 saturated carbocycles. The molecular weight excluding hydrogens is 332 g/mol. The van der Waals surface area contributed by atoms with Crippen molar-refractivity contribution in [3.8, 4) is 11.5 Å². The topological polar surface area (TPSA) is 87.7 Å². The Bertz CT molecular complexity index is 747. The molecule has 0 bridgehead atoms. The number of carbonyl (C=O) groups excluding carboxylic acids is 2. The molecule has 0 fully saturated rings. The molecule has 1 unspecified atom stereocenters. The van der Waals surface area contributed by atoms with Gasteiger partial charge in [0.2, 0.25) is 0 Å². The Morgan fingerprint density at radius 3 is 2.42 bits per heavy atom. The molecule has 0 aliphatic heterocycles. The summed E-state index contributed by atoms with van der Waals surface area (Å²) >= 11 is 5.80. The molecular formula is C17H17ClN2O4. The maximum absolute atomic E-state index is 12.0. The van der Waals surface area contributed by atoms with Crippen LogP contribution >= 0.6 is 11.6 Å². The smallest absolute Gasteiger partial charge is 0.313 e. The fourth-order valence-corrected chi connectivity index (χ4v) is 2.20. The highest BCUT2D eigenvalue weighted by atomic mass is 35.5. The van der Waals surface area contributed by atoms with Crippen LogP contribution in [0.5, 0.6) is 11.5 Å². The minimum absolute atomic E-state index is 0.0692. The van der Waals surface area contributed by atoms with Gasteiger partial charge in [0.05, 0.1) is 18.8 Å². The van der Waals surface area contributed by atoms with Crippen molar-refractivity contribution in [1.82, 2.24) is 5.32 Å². The highest BCUT2D eigenvalue weighted by Gasteiger charge is 2.18. The van der Waals surface area contributed by atoms with E-state index in [0.717, 1.165) is 5.56 Å². The number of aromatic hydroxyl groups is 1. The van der Waals surface area contributed by atoms with Crippen molar-refractivity contribution >= 4 is 29.1 Å². The van der Waals surface area contributed by atoms with Crippen molar-refractivity contribution < 1.29 is 19.4 Å². The first-order valence-corrected chi connectivity index (χ1v) is 7.53. The molecule has 0 spiro atoms. The number of phenolic OH excluding ortho intramolecular Hbond substituents is 1. The first-order chi connectivity index (χ1) is 11.4. The van der Waals surface area contributed by atoms with Crippen molar-refractivity contribution in [1.29, 1.82) is 0 Å². The number of benzene rings is 2. The predicted octanol–water partition coefficient (Wildman–Crippen LogP) is 2.87. The van der Waals surface area contributed by atoms with Crippen LogP contribution < -0.4 is 15.4 Å². The quantitative estimate of drug-likeness (QED) is 0.585. The number of anilines is 1. The number of ether oxygens (including phenoxy) is 1. The van der Waals surface area contributed by atoms with E-state index in [1.807, 2.05) is 0 Å². The van der Waals surface area contributed by atoms with E-state index in [1.165, 1.54) is 18.2 Å². The van der Waals surface area contributed by atoms with Crippen LogP contribution in [0.15, 0.2) is 42.5 Å². The zero-order valence-electron chi connectivity index (χ0n) is 13.2. The summed E-state index contributed by atoms with van der Waals surface area (Å²) in [5, 5.41) is 14.9. The van der Waals surface area contributed by atoms with Crippen LogP contribution in [-0.2, 0) is 9.59 Å². The van der Waals surface area contributed by atoms with E-state index < -0.39 is 11.8 Å². The van der Waals surface area contributed by atoms with E-state index in [0.29, 0.717) is 10.8 Å². The number of nitrogens with one attached hydrogen (secondary N) is 2. The van der Waals surface area contributed by atoms with Crippen LogP contribution in [0.1, 0.15) is 18.5 Å². The minimum Gasteiger partial charge on any atom is -0.506 e. The lowest BCUT2D eigenvalue weighted by molar-refractivity contribution is -0.136. The Labute approximate surface area is 144 Å². The Kier molecular flexibility index (Phi) is 5.65. The highest BCUT2D eigenvalue weighted by molar-refractivity contribution is 6.40. The summed E-state index contributed by atoms with van der Waals surface area (Å²) in [6, 6.07) is 10.9. The molecule has 0 radical (unpaired) electrons. The molecule has 0 aliphatic carbocycles. The van der Waals surface area contributed by atoms with Crippen LogP contribution in [0.4, 0.5) is 5.69 Å². The molecule has 2 rings (SSSR count). The Morgan fingerprint density at radius 2 is 1.79 bits per heavy atom. The van der Waals surface area contributed by atoms with E-state index in [1.54, 1.807) is 38.3 Å². The van der Waals surface area contributed by atoms with E-state index in [4.69, 9.17) is 16.3 Å². The average molecular weight is 349 g/mol.